The van der Waals surface area contributed by atoms with Gasteiger partial charge in [0, 0.05) is 12.4 Å². The number of nitrogens with zero attached hydrogens (tertiary/aromatic N) is 2. The summed E-state index contributed by atoms with van der Waals surface area (Å²) in [5.74, 6) is 0. The molecule has 0 aromatic heterocycles. The molecule has 0 saturated heterocycles. The molecule has 0 amide bonds. The molecular weight excluding hydrogens is 136 g/mol. The van der Waals surface area contributed by atoms with Gasteiger partial charge in [0.05, 0.1) is 12.6 Å². The number of fused-ring (bicyclic) bond motifs is 1. The first-order valence-electron chi connectivity index (χ1n) is 3.85. The Labute approximate surface area is 66.1 Å². The van der Waals surface area contributed by atoms with Crippen molar-refractivity contribution in [1.82, 2.24) is 0 Å². The van der Waals surface area contributed by atoms with Crippen molar-refractivity contribution in [3.05, 3.63) is 23.8 Å². The zero-order chi connectivity index (χ0) is 7.52. The van der Waals surface area contributed by atoms with Crippen LogP contribution in [0.2, 0.25) is 0 Å². The zero-order valence-corrected chi connectivity index (χ0v) is 6.27. The maximum atomic E-state index is 4.34. The Balaban J connectivity index is 2.31. The van der Waals surface area contributed by atoms with Gasteiger partial charge in [-0.1, -0.05) is 18.2 Å². The summed E-state index contributed by atoms with van der Waals surface area (Å²) in [7, 11) is 0. The lowest BCUT2D eigenvalue weighted by Gasteiger charge is -2.10. The predicted molar refractivity (Wildman–Crippen MR) is 47.5 cm³/mol. The first kappa shape index (κ1) is 6.53. The van der Waals surface area contributed by atoms with E-state index >= 15 is 0 Å². The van der Waals surface area contributed by atoms with Crippen LogP contribution >= 0.6 is 0 Å². The quantitative estimate of drug-likeness (QED) is 0.461. The van der Waals surface area contributed by atoms with Gasteiger partial charge >= 0.3 is 0 Å². The SMILES string of the molecule is C1=CC2N=CCN=CC2=CC1. The van der Waals surface area contributed by atoms with Crippen molar-refractivity contribution in [3.8, 4) is 0 Å². The molecule has 1 aliphatic heterocycles. The van der Waals surface area contributed by atoms with Crippen LogP contribution in [0.4, 0.5) is 0 Å². The highest BCUT2D eigenvalue weighted by atomic mass is 14.8. The molecule has 2 aliphatic rings. The van der Waals surface area contributed by atoms with Crippen molar-refractivity contribution in [1.29, 1.82) is 0 Å². The maximum Gasteiger partial charge on any atom is 0.0939 e. The van der Waals surface area contributed by atoms with Crippen molar-refractivity contribution in [2.45, 2.75) is 12.5 Å². The molecule has 56 valence electrons. The minimum atomic E-state index is 0.245. The van der Waals surface area contributed by atoms with Crippen LogP contribution in [0.5, 0.6) is 0 Å². The second kappa shape index (κ2) is 2.82. The van der Waals surface area contributed by atoms with Crippen LogP contribution in [-0.4, -0.2) is 25.0 Å². The molecule has 1 aliphatic carbocycles. The Morgan fingerprint density at radius 3 is 3.45 bits per heavy atom. The summed E-state index contributed by atoms with van der Waals surface area (Å²) in [5, 5.41) is 0. The normalized spacial score (nSPS) is 27.6. The molecule has 1 unspecified atom stereocenters. The van der Waals surface area contributed by atoms with Gasteiger partial charge in [0.25, 0.3) is 0 Å². The van der Waals surface area contributed by atoms with Gasteiger partial charge < -0.3 is 0 Å². The molecule has 2 nitrogen and oxygen atoms in total. The van der Waals surface area contributed by atoms with E-state index in [1.807, 2.05) is 12.4 Å². The molecule has 0 N–H and O–H groups in total. The van der Waals surface area contributed by atoms with Gasteiger partial charge in [-0.2, -0.15) is 0 Å². The predicted octanol–water partition coefficient (Wildman–Crippen LogP) is 1.40. The second-order valence-electron chi connectivity index (χ2n) is 2.64. The van der Waals surface area contributed by atoms with Crippen molar-refractivity contribution >= 4 is 12.4 Å². The van der Waals surface area contributed by atoms with E-state index in [-0.39, 0.29) is 6.04 Å². The molecule has 2 rings (SSSR count). The summed E-state index contributed by atoms with van der Waals surface area (Å²) in [6, 6.07) is 0.245. The molecule has 0 radical (unpaired) electrons. The van der Waals surface area contributed by atoms with Crippen LogP contribution in [0.25, 0.3) is 0 Å². The van der Waals surface area contributed by atoms with Crippen molar-refractivity contribution in [2.24, 2.45) is 9.98 Å². The van der Waals surface area contributed by atoms with Gasteiger partial charge in [-0.05, 0) is 12.0 Å². The molecule has 11 heavy (non-hydrogen) atoms. The van der Waals surface area contributed by atoms with Crippen LogP contribution in [0.1, 0.15) is 6.42 Å². The van der Waals surface area contributed by atoms with Gasteiger partial charge in [0.1, 0.15) is 0 Å². The largest absolute Gasteiger partial charge is 0.287 e. The molecule has 2 heteroatoms. The van der Waals surface area contributed by atoms with Crippen LogP contribution in [0.3, 0.4) is 0 Å². The Kier molecular flexibility index (Phi) is 1.68. The maximum absolute atomic E-state index is 4.34. The minimum Gasteiger partial charge on any atom is -0.287 e. The smallest absolute Gasteiger partial charge is 0.0939 e. The Morgan fingerprint density at radius 1 is 1.45 bits per heavy atom. The number of hydrogen-bond acceptors (Lipinski definition) is 2. The van der Waals surface area contributed by atoms with E-state index in [4.69, 9.17) is 0 Å². The first-order chi connectivity index (χ1) is 5.47. The van der Waals surface area contributed by atoms with Crippen molar-refractivity contribution in [2.75, 3.05) is 6.54 Å². The summed E-state index contributed by atoms with van der Waals surface area (Å²) >= 11 is 0. The highest BCUT2D eigenvalue weighted by molar-refractivity contribution is 5.84. The Morgan fingerprint density at radius 2 is 2.45 bits per heavy atom. The molecule has 1 heterocycles. The fourth-order valence-electron chi connectivity index (χ4n) is 1.27. The summed E-state index contributed by atoms with van der Waals surface area (Å²) in [6.07, 6.45) is 11.3. The first-order valence-corrected chi connectivity index (χ1v) is 3.85. The third-order valence-corrected chi connectivity index (χ3v) is 1.84. The average Bonchev–Trinajstić information content (AvgIpc) is 2.28. The fourth-order valence-corrected chi connectivity index (χ4v) is 1.27. The monoisotopic (exact) mass is 146 g/mol. The van der Waals surface area contributed by atoms with E-state index in [9.17, 15) is 0 Å². The van der Waals surface area contributed by atoms with Gasteiger partial charge in [0.2, 0.25) is 0 Å². The topological polar surface area (TPSA) is 24.7 Å². The molecule has 0 fully saturated rings. The van der Waals surface area contributed by atoms with Crippen molar-refractivity contribution < 1.29 is 0 Å². The van der Waals surface area contributed by atoms with Crippen molar-refractivity contribution in [3.63, 3.8) is 0 Å². The summed E-state index contributed by atoms with van der Waals surface area (Å²) in [5.41, 5.74) is 1.24. The van der Waals surface area contributed by atoms with E-state index in [1.54, 1.807) is 0 Å². The molecule has 1 atom stereocenters. The van der Waals surface area contributed by atoms with E-state index in [2.05, 4.69) is 28.2 Å². The molecule has 0 spiro atoms. The summed E-state index contributed by atoms with van der Waals surface area (Å²) in [6.45, 7) is 0.724. The zero-order valence-electron chi connectivity index (χ0n) is 6.27. The highest BCUT2D eigenvalue weighted by Crippen LogP contribution is 2.14. The third-order valence-electron chi connectivity index (χ3n) is 1.84. The average molecular weight is 146 g/mol. The lowest BCUT2D eigenvalue weighted by Crippen LogP contribution is -2.07. The van der Waals surface area contributed by atoms with Crippen LogP contribution in [0.15, 0.2) is 33.8 Å². The molecular formula is C9H10N2. The molecule has 0 aromatic rings. The lowest BCUT2D eigenvalue weighted by atomic mass is 10.0. The molecule has 0 saturated carbocycles. The van der Waals surface area contributed by atoms with Crippen LogP contribution in [-0.2, 0) is 0 Å². The Hall–Kier alpha value is -1.18. The van der Waals surface area contributed by atoms with Gasteiger partial charge in [-0.15, -0.1) is 0 Å². The summed E-state index contributed by atoms with van der Waals surface area (Å²) < 4.78 is 0. The molecule has 0 aromatic carbocycles. The fraction of sp³-hybridized carbons (Fsp3) is 0.333. The number of rotatable bonds is 0. The lowest BCUT2D eigenvalue weighted by molar-refractivity contribution is 0.973. The second-order valence-corrected chi connectivity index (χ2v) is 2.64. The van der Waals surface area contributed by atoms with E-state index in [0.29, 0.717) is 0 Å². The Bertz CT molecular complexity index is 259. The number of hydrogen-bond donors (Lipinski definition) is 0. The number of allylic oxidation sites excluding steroid dienone is 2. The minimum absolute atomic E-state index is 0.245. The van der Waals surface area contributed by atoms with E-state index in [1.165, 1.54) is 5.57 Å². The van der Waals surface area contributed by atoms with Crippen LogP contribution in [0, 0.1) is 0 Å². The van der Waals surface area contributed by atoms with Gasteiger partial charge in [-0.25, -0.2) is 0 Å². The van der Waals surface area contributed by atoms with Crippen LogP contribution < -0.4 is 0 Å². The summed E-state index contributed by atoms with van der Waals surface area (Å²) in [4.78, 5) is 8.52. The van der Waals surface area contributed by atoms with E-state index < -0.39 is 0 Å². The van der Waals surface area contributed by atoms with Gasteiger partial charge in [0.15, 0.2) is 0 Å². The van der Waals surface area contributed by atoms with E-state index in [0.717, 1.165) is 13.0 Å². The standard InChI is InChI=1S/C9H10N2/c1-2-4-9-8(3-1)7-10-5-6-11-9/h2-4,6-7,9H,1,5H2. The number of aliphatic imine (C=N–C) groups is 2. The van der Waals surface area contributed by atoms with Gasteiger partial charge in [-0.3, -0.25) is 9.98 Å². The third kappa shape index (κ3) is 1.29. The highest BCUT2D eigenvalue weighted by Gasteiger charge is 2.10. The molecule has 0 bridgehead atoms.